The zero-order valence-corrected chi connectivity index (χ0v) is 15.4. The summed E-state index contributed by atoms with van der Waals surface area (Å²) in [6, 6.07) is 15.6. The molecule has 2 aromatic rings. The summed E-state index contributed by atoms with van der Waals surface area (Å²) in [7, 11) is 1.64. The highest BCUT2D eigenvalue weighted by Crippen LogP contribution is 2.29. The minimum atomic E-state index is 0.0264. The van der Waals surface area contributed by atoms with Gasteiger partial charge in [-0.15, -0.1) is 0 Å². The van der Waals surface area contributed by atoms with Crippen molar-refractivity contribution in [3.63, 3.8) is 0 Å². The van der Waals surface area contributed by atoms with Gasteiger partial charge in [-0.05, 0) is 37.5 Å². The molecule has 0 unspecified atom stereocenters. The molecule has 0 atom stereocenters. The number of ketones is 1. The van der Waals surface area contributed by atoms with Crippen molar-refractivity contribution in [2.75, 3.05) is 7.11 Å². The van der Waals surface area contributed by atoms with Crippen LogP contribution in [-0.2, 0) is 11.3 Å². The van der Waals surface area contributed by atoms with Gasteiger partial charge in [0.15, 0.2) is 5.78 Å². The van der Waals surface area contributed by atoms with Gasteiger partial charge in [-0.3, -0.25) is 9.59 Å². The van der Waals surface area contributed by atoms with Crippen LogP contribution in [0.3, 0.4) is 0 Å². The number of methoxy groups -OCH3 is 1. The first-order chi connectivity index (χ1) is 12.6. The molecule has 3 rings (SSSR count). The van der Waals surface area contributed by atoms with Gasteiger partial charge in [0.25, 0.3) is 0 Å². The molecule has 0 saturated heterocycles. The molecule has 4 nitrogen and oxygen atoms in total. The number of hydrogen-bond acceptors (Lipinski definition) is 3. The van der Waals surface area contributed by atoms with Gasteiger partial charge < -0.3 is 9.64 Å². The van der Waals surface area contributed by atoms with E-state index in [1.807, 2.05) is 60.4 Å². The van der Waals surface area contributed by atoms with Crippen LogP contribution in [0.2, 0.25) is 0 Å². The second kappa shape index (κ2) is 8.17. The smallest absolute Gasteiger partial charge is 0.223 e. The first kappa shape index (κ1) is 18.2. The number of aryl methyl sites for hydroxylation is 1. The SMILES string of the molecule is COc1ccc(CN(C(=O)CCC(=O)c2ccc(C)cc2)C2CC2)cc1. The van der Waals surface area contributed by atoms with Crippen molar-refractivity contribution in [3.8, 4) is 5.75 Å². The van der Waals surface area contributed by atoms with Crippen LogP contribution in [0.15, 0.2) is 48.5 Å². The zero-order valence-electron chi connectivity index (χ0n) is 15.4. The maximum atomic E-state index is 12.7. The molecular formula is C22H25NO3. The summed E-state index contributed by atoms with van der Waals surface area (Å²) >= 11 is 0. The third-order valence-electron chi connectivity index (χ3n) is 4.76. The monoisotopic (exact) mass is 351 g/mol. The van der Waals surface area contributed by atoms with Crippen LogP contribution >= 0.6 is 0 Å². The number of nitrogens with zero attached hydrogens (tertiary/aromatic N) is 1. The molecule has 2 aromatic carbocycles. The van der Waals surface area contributed by atoms with Gasteiger partial charge in [-0.25, -0.2) is 0 Å². The van der Waals surface area contributed by atoms with E-state index in [2.05, 4.69) is 0 Å². The molecule has 0 N–H and O–H groups in total. The van der Waals surface area contributed by atoms with Crippen molar-refractivity contribution in [2.45, 2.75) is 45.2 Å². The van der Waals surface area contributed by atoms with Crippen LogP contribution in [0.4, 0.5) is 0 Å². The van der Waals surface area contributed by atoms with Crippen molar-refractivity contribution in [1.82, 2.24) is 4.90 Å². The van der Waals surface area contributed by atoms with Crippen molar-refractivity contribution in [1.29, 1.82) is 0 Å². The Morgan fingerprint density at radius 3 is 2.23 bits per heavy atom. The third-order valence-corrected chi connectivity index (χ3v) is 4.76. The molecule has 0 spiro atoms. The van der Waals surface area contributed by atoms with Gasteiger partial charge in [0, 0.05) is 31.0 Å². The second-order valence-corrected chi connectivity index (χ2v) is 6.89. The van der Waals surface area contributed by atoms with E-state index in [4.69, 9.17) is 4.74 Å². The third kappa shape index (κ3) is 4.72. The second-order valence-electron chi connectivity index (χ2n) is 6.89. The Labute approximate surface area is 154 Å². The molecule has 0 aliphatic heterocycles. The van der Waals surface area contributed by atoms with E-state index in [1.54, 1.807) is 7.11 Å². The summed E-state index contributed by atoms with van der Waals surface area (Å²) in [5.74, 6) is 0.893. The quantitative estimate of drug-likeness (QED) is 0.671. The van der Waals surface area contributed by atoms with Crippen molar-refractivity contribution in [3.05, 3.63) is 65.2 Å². The maximum absolute atomic E-state index is 12.7. The number of Topliss-reactive ketones (excluding diaryl/α,β-unsaturated/α-hetero) is 1. The summed E-state index contributed by atoms with van der Waals surface area (Å²) in [6.45, 7) is 2.58. The molecule has 1 aliphatic carbocycles. The predicted octanol–water partition coefficient (Wildman–Crippen LogP) is 4.16. The van der Waals surface area contributed by atoms with Gasteiger partial charge >= 0.3 is 0 Å². The molecule has 1 amide bonds. The first-order valence-electron chi connectivity index (χ1n) is 9.09. The maximum Gasteiger partial charge on any atom is 0.223 e. The Balaban J connectivity index is 1.58. The largest absolute Gasteiger partial charge is 0.497 e. The highest BCUT2D eigenvalue weighted by Gasteiger charge is 2.32. The molecule has 1 saturated carbocycles. The molecule has 1 aliphatic rings. The average molecular weight is 351 g/mol. The normalized spacial score (nSPS) is 13.3. The first-order valence-corrected chi connectivity index (χ1v) is 9.09. The number of ether oxygens (including phenoxy) is 1. The summed E-state index contributed by atoms with van der Waals surface area (Å²) in [4.78, 5) is 26.9. The minimum Gasteiger partial charge on any atom is -0.497 e. The topological polar surface area (TPSA) is 46.6 Å². The molecule has 136 valence electrons. The Bertz CT molecular complexity index is 761. The lowest BCUT2D eigenvalue weighted by atomic mass is 10.0. The van der Waals surface area contributed by atoms with E-state index in [0.29, 0.717) is 18.2 Å². The molecule has 0 bridgehead atoms. The van der Waals surface area contributed by atoms with Crippen LogP contribution in [0.25, 0.3) is 0 Å². The number of amides is 1. The van der Waals surface area contributed by atoms with E-state index in [-0.39, 0.29) is 24.5 Å². The van der Waals surface area contributed by atoms with Crippen LogP contribution in [0, 0.1) is 6.92 Å². The number of benzene rings is 2. The van der Waals surface area contributed by atoms with Gasteiger partial charge in [-0.1, -0.05) is 42.0 Å². The van der Waals surface area contributed by atoms with E-state index >= 15 is 0 Å². The van der Waals surface area contributed by atoms with E-state index < -0.39 is 0 Å². The van der Waals surface area contributed by atoms with Crippen molar-refractivity contribution in [2.24, 2.45) is 0 Å². The number of carbonyl (C=O) groups excluding carboxylic acids is 2. The molecule has 1 fully saturated rings. The van der Waals surface area contributed by atoms with Crippen molar-refractivity contribution < 1.29 is 14.3 Å². The van der Waals surface area contributed by atoms with E-state index in [0.717, 1.165) is 29.7 Å². The molecule has 0 aromatic heterocycles. The van der Waals surface area contributed by atoms with Crippen LogP contribution in [0.5, 0.6) is 5.75 Å². The Morgan fingerprint density at radius 1 is 1.00 bits per heavy atom. The molecule has 4 heteroatoms. The molecule has 26 heavy (non-hydrogen) atoms. The highest BCUT2D eigenvalue weighted by atomic mass is 16.5. The van der Waals surface area contributed by atoms with Gasteiger partial charge in [0.05, 0.1) is 7.11 Å². The fourth-order valence-corrected chi connectivity index (χ4v) is 2.98. The zero-order chi connectivity index (χ0) is 18.5. The van der Waals surface area contributed by atoms with Crippen molar-refractivity contribution >= 4 is 11.7 Å². The summed E-state index contributed by atoms with van der Waals surface area (Å²) in [6.07, 6.45) is 2.62. The Morgan fingerprint density at radius 2 is 1.65 bits per heavy atom. The number of carbonyl (C=O) groups is 2. The lowest BCUT2D eigenvalue weighted by molar-refractivity contribution is -0.132. The van der Waals surface area contributed by atoms with Crippen LogP contribution in [0.1, 0.15) is 47.2 Å². The summed E-state index contributed by atoms with van der Waals surface area (Å²) in [5.41, 5.74) is 2.88. The Hall–Kier alpha value is -2.62. The molecule has 0 radical (unpaired) electrons. The average Bonchev–Trinajstić information content (AvgIpc) is 3.50. The lowest BCUT2D eigenvalue weighted by Crippen LogP contribution is -2.32. The van der Waals surface area contributed by atoms with Gasteiger partial charge in [-0.2, -0.15) is 0 Å². The van der Waals surface area contributed by atoms with Crippen LogP contribution < -0.4 is 4.74 Å². The predicted molar refractivity (Wildman–Crippen MR) is 101 cm³/mol. The highest BCUT2D eigenvalue weighted by molar-refractivity contribution is 5.98. The van der Waals surface area contributed by atoms with E-state index in [9.17, 15) is 9.59 Å². The standard InChI is InChI=1S/C22H25NO3/c1-16-3-7-18(8-4-16)21(24)13-14-22(25)23(19-9-10-19)15-17-5-11-20(26-2)12-6-17/h3-8,11-12,19H,9-10,13-15H2,1-2H3. The summed E-state index contributed by atoms with van der Waals surface area (Å²) < 4.78 is 5.18. The van der Waals surface area contributed by atoms with E-state index in [1.165, 1.54) is 0 Å². The lowest BCUT2D eigenvalue weighted by Gasteiger charge is -2.22. The fraction of sp³-hybridized carbons (Fsp3) is 0.364. The summed E-state index contributed by atoms with van der Waals surface area (Å²) in [5, 5.41) is 0. The molecule has 0 heterocycles. The number of hydrogen-bond donors (Lipinski definition) is 0. The van der Waals surface area contributed by atoms with Crippen LogP contribution in [-0.4, -0.2) is 29.7 Å². The number of rotatable bonds is 8. The van der Waals surface area contributed by atoms with Gasteiger partial charge in [0.2, 0.25) is 5.91 Å². The molecular weight excluding hydrogens is 326 g/mol. The fourth-order valence-electron chi connectivity index (χ4n) is 2.98. The Kier molecular flexibility index (Phi) is 5.71. The van der Waals surface area contributed by atoms with Gasteiger partial charge in [0.1, 0.15) is 5.75 Å². The minimum absolute atomic E-state index is 0.0264.